The summed E-state index contributed by atoms with van der Waals surface area (Å²) in [7, 11) is 0. The van der Waals surface area contributed by atoms with Crippen molar-refractivity contribution in [3.63, 3.8) is 0 Å². The number of hydrogen-bond donors (Lipinski definition) is 2. The molecule has 2 aromatic rings. The highest BCUT2D eigenvalue weighted by Crippen LogP contribution is 2.34. The molecule has 2 N–H and O–H groups in total. The number of benzene rings is 2. The smallest absolute Gasteiger partial charge is 0.247 e. The second-order valence-electron chi connectivity index (χ2n) is 8.34. The molecule has 1 saturated carbocycles. The van der Waals surface area contributed by atoms with Crippen LogP contribution in [0, 0.1) is 17.7 Å². The second-order valence-corrected chi connectivity index (χ2v) is 8.34. The molecule has 4 rings (SSSR count). The molecule has 1 saturated heterocycles. The molecule has 0 aromatic heterocycles. The second kappa shape index (κ2) is 9.99. The van der Waals surface area contributed by atoms with E-state index in [4.69, 9.17) is 4.74 Å². The highest BCUT2D eigenvalue weighted by molar-refractivity contribution is 5.87. The van der Waals surface area contributed by atoms with Crippen LogP contribution < -0.4 is 15.1 Å². The zero-order valence-corrected chi connectivity index (χ0v) is 17.8. The van der Waals surface area contributed by atoms with Gasteiger partial charge < -0.3 is 14.5 Å². The summed E-state index contributed by atoms with van der Waals surface area (Å²) in [6, 6.07) is 15.8. The van der Waals surface area contributed by atoms with Crippen LogP contribution in [0.25, 0.3) is 0 Å². The number of nitrogens with zero attached hydrogens (tertiary/aromatic N) is 2. The zero-order chi connectivity index (χ0) is 22.5. The number of carbonyl (C=O) groups is 2. The van der Waals surface area contributed by atoms with E-state index >= 15 is 0 Å². The van der Waals surface area contributed by atoms with Gasteiger partial charge in [0.25, 0.3) is 0 Å². The van der Waals surface area contributed by atoms with Crippen LogP contribution in [0.4, 0.5) is 10.1 Å². The Morgan fingerprint density at radius 3 is 2.28 bits per heavy atom. The Hall–Kier alpha value is -3.13. The molecule has 1 aliphatic carbocycles. The van der Waals surface area contributed by atoms with Crippen molar-refractivity contribution in [1.82, 2.24) is 10.4 Å². The first-order valence-electron chi connectivity index (χ1n) is 11.0. The molecule has 2 aromatic carbocycles. The Kier molecular flexibility index (Phi) is 6.90. The summed E-state index contributed by atoms with van der Waals surface area (Å²) in [6.45, 7) is 2.64. The topological polar surface area (TPSA) is 82.1 Å². The van der Waals surface area contributed by atoms with Crippen LogP contribution in [0.3, 0.4) is 0 Å². The molecule has 2 aliphatic rings. The van der Waals surface area contributed by atoms with E-state index in [-0.39, 0.29) is 17.8 Å². The highest BCUT2D eigenvalue weighted by atomic mass is 19.1. The van der Waals surface area contributed by atoms with Crippen molar-refractivity contribution in [2.45, 2.75) is 25.4 Å². The normalized spacial score (nSPS) is 23.5. The van der Waals surface area contributed by atoms with Gasteiger partial charge in [-0.3, -0.25) is 14.8 Å². The number of piperazine rings is 1. The van der Waals surface area contributed by atoms with Gasteiger partial charge in [0.15, 0.2) is 0 Å². The SMILES string of the molecule is O=C(NO)[C@H]1CC(Oc2ccc(F)cc2)CCC1C(=O)N1CCN(c2ccccc2)CC1. The molecule has 2 fully saturated rings. The van der Waals surface area contributed by atoms with E-state index in [1.807, 2.05) is 23.1 Å². The lowest BCUT2D eigenvalue weighted by atomic mass is 9.76. The lowest BCUT2D eigenvalue weighted by Crippen LogP contribution is -2.53. The maximum Gasteiger partial charge on any atom is 0.247 e. The molecular formula is C24H28FN3O4. The van der Waals surface area contributed by atoms with Crippen molar-refractivity contribution < 1.29 is 23.9 Å². The van der Waals surface area contributed by atoms with Crippen LogP contribution in [-0.2, 0) is 9.59 Å². The van der Waals surface area contributed by atoms with Crippen molar-refractivity contribution in [3.8, 4) is 5.75 Å². The van der Waals surface area contributed by atoms with Crippen LogP contribution in [0.1, 0.15) is 19.3 Å². The van der Waals surface area contributed by atoms with Gasteiger partial charge in [-0.2, -0.15) is 0 Å². The lowest BCUT2D eigenvalue weighted by Gasteiger charge is -2.40. The Morgan fingerprint density at radius 2 is 1.62 bits per heavy atom. The van der Waals surface area contributed by atoms with Gasteiger partial charge >= 0.3 is 0 Å². The Bertz CT molecular complexity index is 917. The molecule has 2 amide bonds. The van der Waals surface area contributed by atoms with Crippen LogP contribution >= 0.6 is 0 Å². The summed E-state index contributed by atoms with van der Waals surface area (Å²) < 4.78 is 19.0. The summed E-state index contributed by atoms with van der Waals surface area (Å²) in [5, 5.41) is 9.25. The van der Waals surface area contributed by atoms with Gasteiger partial charge in [0, 0.05) is 31.9 Å². The maximum absolute atomic E-state index is 13.3. The number of anilines is 1. The van der Waals surface area contributed by atoms with Crippen LogP contribution in [-0.4, -0.2) is 54.2 Å². The molecule has 32 heavy (non-hydrogen) atoms. The molecule has 1 heterocycles. The average Bonchev–Trinajstić information content (AvgIpc) is 2.85. The van der Waals surface area contributed by atoms with Gasteiger partial charge in [-0.05, 0) is 55.7 Å². The predicted molar refractivity (Wildman–Crippen MR) is 117 cm³/mol. The number of para-hydroxylation sites is 1. The molecule has 0 spiro atoms. The van der Waals surface area contributed by atoms with Gasteiger partial charge in [0.2, 0.25) is 11.8 Å². The lowest BCUT2D eigenvalue weighted by molar-refractivity contribution is -0.148. The summed E-state index contributed by atoms with van der Waals surface area (Å²) in [5.74, 6) is -1.64. The first kappa shape index (κ1) is 22.1. The third-order valence-corrected chi connectivity index (χ3v) is 6.40. The van der Waals surface area contributed by atoms with Crippen LogP contribution in [0.2, 0.25) is 0 Å². The number of hydrogen-bond acceptors (Lipinski definition) is 5. The van der Waals surface area contributed by atoms with Gasteiger partial charge in [0.05, 0.1) is 17.9 Å². The quantitative estimate of drug-likeness (QED) is 0.551. The van der Waals surface area contributed by atoms with E-state index in [2.05, 4.69) is 17.0 Å². The third kappa shape index (κ3) is 5.02. The number of hydroxylamine groups is 1. The third-order valence-electron chi connectivity index (χ3n) is 6.40. The first-order chi connectivity index (χ1) is 15.5. The molecule has 7 nitrogen and oxygen atoms in total. The Balaban J connectivity index is 1.38. The number of carbonyl (C=O) groups excluding carboxylic acids is 2. The van der Waals surface area contributed by atoms with Crippen LogP contribution in [0.15, 0.2) is 54.6 Å². The van der Waals surface area contributed by atoms with E-state index < -0.39 is 17.7 Å². The van der Waals surface area contributed by atoms with E-state index in [0.717, 1.165) is 18.8 Å². The molecular weight excluding hydrogens is 413 g/mol. The molecule has 2 unspecified atom stereocenters. The first-order valence-corrected chi connectivity index (χ1v) is 11.0. The maximum atomic E-state index is 13.3. The minimum Gasteiger partial charge on any atom is -0.490 e. The average molecular weight is 442 g/mol. The number of amides is 2. The largest absolute Gasteiger partial charge is 0.490 e. The minimum absolute atomic E-state index is 0.0495. The number of ether oxygens (including phenoxy) is 1. The summed E-state index contributed by atoms with van der Waals surface area (Å²) in [4.78, 5) is 29.8. The Labute approximate surface area is 186 Å². The van der Waals surface area contributed by atoms with Crippen molar-refractivity contribution in [2.75, 3.05) is 31.1 Å². The molecule has 1 aliphatic heterocycles. The standard InChI is InChI=1S/C24H28FN3O4/c25-17-6-8-19(9-7-17)32-20-10-11-21(22(16-20)23(29)26-31)24(30)28-14-12-27(13-15-28)18-4-2-1-3-5-18/h1-9,20-22,31H,10-16H2,(H,26,29)/t20?,21?,22-/m0/s1. The number of rotatable bonds is 5. The molecule has 0 radical (unpaired) electrons. The van der Waals surface area contributed by atoms with E-state index in [9.17, 15) is 19.2 Å². The number of halogens is 1. The monoisotopic (exact) mass is 441 g/mol. The van der Waals surface area contributed by atoms with Crippen molar-refractivity contribution in [1.29, 1.82) is 0 Å². The van der Waals surface area contributed by atoms with Gasteiger partial charge in [0.1, 0.15) is 11.6 Å². The van der Waals surface area contributed by atoms with E-state index in [1.165, 1.54) is 12.1 Å². The zero-order valence-electron chi connectivity index (χ0n) is 17.8. The number of nitrogens with one attached hydrogen (secondary N) is 1. The Morgan fingerprint density at radius 1 is 0.938 bits per heavy atom. The van der Waals surface area contributed by atoms with Gasteiger partial charge in [-0.15, -0.1) is 0 Å². The van der Waals surface area contributed by atoms with Crippen LogP contribution in [0.5, 0.6) is 5.75 Å². The van der Waals surface area contributed by atoms with E-state index in [1.54, 1.807) is 17.6 Å². The van der Waals surface area contributed by atoms with Crippen molar-refractivity contribution in [3.05, 3.63) is 60.4 Å². The van der Waals surface area contributed by atoms with Gasteiger partial charge in [-0.1, -0.05) is 18.2 Å². The summed E-state index contributed by atoms with van der Waals surface area (Å²) in [6.07, 6.45) is 1.11. The fourth-order valence-electron chi connectivity index (χ4n) is 4.67. The summed E-state index contributed by atoms with van der Waals surface area (Å²) in [5.41, 5.74) is 2.85. The minimum atomic E-state index is -0.682. The fourth-order valence-corrected chi connectivity index (χ4v) is 4.67. The molecule has 3 atom stereocenters. The van der Waals surface area contributed by atoms with Gasteiger partial charge in [-0.25, -0.2) is 9.87 Å². The van der Waals surface area contributed by atoms with E-state index in [0.29, 0.717) is 38.1 Å². The highest BCUT2D eigenvalue weighted by Gasteiger charge is 2.42. The summed E-state index contributed by atoms with van der Waals surface area (Å²) >= 11 is 0. The molecule has 0 bridgehead atoms. The predicted octanol–water partition coefficient (Wildman–Crippen LogP) is 2.84. The fraction of sp³-hybridized carbons (Fsp3) is 0.417. The molecule has 170 valence electrons. The van der Waals surface area contributed by atoms with Crippen molar-refractivity contribution in [2.24, 2.45) is 11.8 Å². The molecule has 8 heteroatoms. The van der Waals surface area contributed by atoms with Crippen molar-refractivity contribution >= 4 is 17.5 Å².